The average molecular weight is 911 g/mol. The van der Waals surface area contributed by atoms with Gasteiger partial charge in [0.25, 0.3) is 0 Å². The van der Waals surface area contributed by atoms with E-state index in [9.17, 15) is 86.2 Å². The molecule has 0 aliphatic carbocycles. The van der Waals surface area contributed by atoms with Gasteiger partial charge in [-0.15, -0.1) is 0 Å². The number of amides is 2. The molecule has 5 fully saturated rings. The van der Waals surface area contributed by atoms with Gasteiger partial charge in [0.05, 0.1) is 33.0 Å². The Labute approximate surface area is 351 Å². The van der Waals surface area contributed by atoms with Crippen LogP contribution in [-0.4, -0.2) is 275 Å². The van der Waals surface area contributed by atoms with Crippen LogP contribution in [0.4, 0.5) is 0 Å². The largest absolute Gasteiger partial charge is 0.394 e. The van der Waals surface area contributed by atoms with Gasteiger partial charge in [-0.3, -0.25) is 9.59 Å². The lowest BCUT2D eigenvalue weighted by Gasteiger charge is -2.49. The van der Waals surface area contributed by atoms with Crippen molar-refractivity contribution >= 4 is 11.8 Å². The Morgan fingerprint density at radius 2 is 0.823 bits per heavy atom. The van der Waals surface area contributed by atoms with Gasteiger partial charge in [0.15, 0.2) is 31.5 Å². The van der Waals surface area contributed by atoms with Crippen LogP contribution in [0.5, 0.6) is 0 Å². The number of aliphatic hydroxyl groups excluding tert-OH is 15. The standard InChI is InChI=1S/C34H58N2O26/c1-8(41)35-15-20(46)27(12(5-39)55-30(15)53)60-31-16(36-9(2)42)21(47)28(13(6-40)58-31)61-34-25(51)23(49)18(44)14(59-34)7-54-32-26(52)29(19(45)11(4-38)56-32)62-33-24(50)22(48)17(43)10(3-37)57-33/h10-34,37-40,43-53H,3-7H2,1-2H3,(H,35,41)(H,36,42)/t10-,11-,12-,13-,14-,15-,16-,17-,18-,19-,20-,21-,22+,23+,24+,25+,26+,27-,28-,29+,30-,31+,32+,33-,34-/m1/s1. The SMILES string of the molecule is CC(=O)N[C@@H]1[C@@H](O)[C@H](O[C@@H]2O[C@H](CO)[C@@H](O[C@H]3O[C@H](CO[C@H]4O[C@H](CO)[C@@H](O)[C@H](O[C@H]5O[C@H](CO)[C@@H](O)[C@H](O)[C@@H]5O)[C@@H]4O)[C@@H](O)[C@H](O)[C@@H]3O)[C@H](O)[C@H]2NC(C)=O)[C@@H](CO)O[C@H]1O. The summed E-state index contributed by atoms with van der Waals surface area (Å²) in [7, 11) is 0. The van der Waals surface area contributed by atoms with Gasteiger partial charge in [0, 0.05) is 13.8 Å². The lowest BCUT2D eigenvalue weighted by molar-refractivity contribution is -0.373. The second kappa shape index (κ2) is 22.0. The number of carbonyl (C=O) groups excluding carboxylic acids is 2. The van der Waals surface area contributed by atoms with Crippen molar-refractivity contribution in [3.63, 3.8) is 0 Å². The summed E-state index contributed by atoms with van der Waals surface area (Å²) in [6.07, 6.45) is -41.5. The molecule has 0 unspecified atom stereocenters. The maximum atomic E-state index is 12.3. The van der Waals surface area contributed by atoms with Gasteiger partial charge in [-0.05, 0) is 0 Å². The highest BCUT2D eigenvalue weighted by atomic mass is 16.8. The number of nitrogens with one attached hydrogen (secondary N) is 2. The normalized spacial score (nSPS) is 49.0. The van der Waals surface area contributed by atoms with Gasteiger partial charge in [-0.1, -0.05) is 0 Å². The van der Waals surface area contributed by atoms with E-state index < -0.39 is 198 Å². The van der Waals surface area contributed by atoms with E-state index in [1.807, 2.05) is 0 Å². The molecule has 0 aromatic rings. The fraction of sp³-hybridized carbons (Fsp3) is 0.941. The first kappa shape index (κ1) is 51.0. The Kier molecular flexibility index (Phi) is 18.1. The number of ether oxygens (including phenoxy) is 9. The molecule has 0 aromatic heterocycles. The fourth-order valence-corrected chi connectivity index (χ4v) is 7.73. The van der Waals surface area contributed by atoms with E-state index in [2.05, 4.69) is 10.6 Å². The molecule has 28 nitrogen and oxygen atoms in total. The van der Waals surface area contributed by atoms with E-state index in [4.69, 9.17) is 42.6 Å². The molecule has 5 saturated heterocycles. The Bertz CT molecular complexity index is 1440. The van der Waals surface area contributed by atoms with E-state index in [1.165, 1.54) is 0 Å². The van der Waals surface area contributed by atoms with Crippen LogP contribution in [0, 0.1) is 0 Å². The lowest BCUT2D eigenvalue weighted by Crippen LogP contribution is -2.70. The van der Waals surface area contributed by atoms with E-state index in [0.717, 1.165) is 13.8 Å². The van der Waals surface area contributed by atoms with E-state index >= 15 is 0 Å². The van der Waals surface area contributed by atoms with Gasteiger partial charge in [-0.25, -0.2) is 0 Å². The number of rotatable bonds is 15. The molecular formula is C34H58N2O26. The molecule has 25 atom stereocenters. The van der Waals surface area contributed by atoms with E-state index in [1.54, 1.807) is 0 Å². The van der Waals surface area contributed by atoms with Gasteiger partial charge in [0.1, 0.15) is 122 Å². The lowest BCUT2D eigenvalue weighted by atomic mass is 9.94. The molecule has 0 radical (unpaired) electrons. The Balaban J connectivity index is 1.29. The zero-order valence-corrected chi connectivity index (χ0v) is 33.2. The van der Waals surface area contributed by atoms with E-state index in [0.29, 0.717) is 0 Å². The summed E-state index contributed by atoms with van der Waals surface area (Å²) in [6, 6.07) is -3.12. The summed E-state index contributed by atoms with van der Waals surface area (Å²) in [4.78, 5) is 24.1. The zero-order valence-electron chi connectivity index (χ0n) is 33.2. The highest BCUT2D eigenvalue weighted by Gasteiger charge is 2.55. The van der Waals surface area contributed by atoms with Gasteiger partial charge < -0.3 is 130 Å². The maximum absolute atomic E-state index is 12.3. The third-order valence-electron chi connectivity index (χ3n) is 11.1. The summed E-state index contributed by atoms with van der Waals surface area (Å²) in [6.45, 7) is -2.22. The zero-order chi connectivity index (χ0) is 45.9. The van der Waals surface area contributed by atoms with E-state index in [-0.39, 0.29) is 0 Å². The second-order valence-electron chi connectivity index (χ2n) is 15.5. The van der Waals surface area contributed by atoms with Gasteiger partial charge >= 0.3 is 0 Å². The Morgan fingerprint density at radius 3 is 1.35 bits per heavy atom. The van der Waals surface area contributed by atoms with Gasteiger partial charge in [0.2, 0.25) is 11.8 Å². The van der Waals surface area contributed by atoms with Crippen molar-refractivity contribution in [2.75, 3.05) is 33.0 Å². The summed E-state index contributed by atoms with van der Waals surface area (Å²) >= 11 is 0. The minimum Gasteiger partial charge on any atom is -0.394 e. The monoisotopic (exact) mass is 910 g/mol. The van der Waals surface area contributed by atoms with Crippen LogP contribution in [0.2, 0.25) is 0 Å². The summed E-state index contributed by atoms with van der Waals surface area (Å²) in [5.74, 6) is -1.45. The van der Waals surface area contributed by atoms with Crippen LogP contribution in [0.1, 0.15) is 13.8 Å². The molecular weight excluding hydrogens is 852 g/mol. The maximum Gasteiger partial charge on any atom is 0.217 e. The molecule has 0 saturated carbocycles. The predicted molar refractivity (Wildman–Crippen MR) is 190 cm³/mol. The number of carbonyl (C=O) groups is 2. The third-order valence-corrected chi connectivity index (χ3v) is 11.1. The van der Waals surface area contributed by atoms with Crippen molar-refractivity contribution in [2.24, 2.45) is 0 Å². The summed E-state index contributed by atoms with van der Waals surface area (Å²) in [5.41, 5.74) is 0. The second-order valence-corrected chi connectivity index (χ2v) is 15.5. The molecule has 17 N–H and O–H groups in total. The molecule has 5 heterocycles. The van der Waals surface area contributed by atoms with Crippen molar-refractivity contribution in [3.05, 3.63) is 0 Å². The molecule has 5 aliphatic rings. The molecule has 0 spiro atoms. The highest BCUT2D eigenvalue weighted by Crippen LogP contribution is 2.34. The molecule has 360 valence electrons. The Hall–Kier alpha value is -2.02. The molecule has 28 heteroatoms. The molecule has 2 amide bonds. The number of aliphatic hydroxyl groups is 15. The average Bonchev–Trinajstić information content (AvgIpc) is 3.23. The highest BCUT2D eigenvalue weighted by molar-refractivity contribution is 5.73. The molecule has 5 aliphatic heterocycles. The van der Waals surface area contributed by atoms with Crippen LogP contribution < -0.4 is 10.6 Å². The third kappa shape index (κ3) is 11.0. The molecule has 0 aromatic carbocycles. The van der Waals surface area contributed by atoms with Crippen molar-refractivity contribution in [1.29, 1.82) is 0 Å². The molecule has 0 bridgehead atoms. The smallest absolute Gasteiger partial charge is 0.217 e. The van der Waals surface area contributed by atoms with Crippen LogP contribution in [0.25, 0.3) is 0 Å². The Morgan fingerprint density at radius 1 is 0.419 bits per heavy atom. The van der Waals surface area contributed by atoms with Crippen LogP contribution >= 0.6 is 0 Å². The summed E-state index contributed by atoms with van der Waals surface area (Å²) in [5, 5.41) is 162. The first-order valence-corrected chi connectivity index (χ1v) is 19.6. The van der Waals surface area contributed by atoms with Gasteiger partial charge in [-0.2, -0.15) is 0 Å². The van der Waals surface area contributed by atoms with Crippen molar-refractivity contribution in [1.82, 2.24) is 10.6 Å². The van der Waals surface area contributed by atoms with Crippen molar-refractivity contribution in [2.45, 2.75) is 167 Å². The minimum absolute atomic E-state index is 0.680. The first-order valence-electron chi connectivity index (χ1n) is 19.6. The molecule has 62 heavy (non-hydrogen) atoms. The number of hydrogen-bond donors (Lipinski definition) is 17. The minimum atomic E-state index is -2.08. The van der Waals surface area contributed by atoms with Crippen LogP contribution in [0.15, 0.2) is 0 Å². The number of hydrogen-bond acceptors (Lipinski definition) is 26. The summed E-state index contributed by atoms with van der Waals surface area (Å²) < 4.78 is 50.4. The fourth-order valence-electron chi connectivity index (χ4n) is 7.73. The first-order chi connectivity index (χ1) is 29.3. The predicted octanol–water partition coefficient (Wildman–Crippen LogP) is -11.6. The quantitative estimate of drug-likeness (QED) is 0.0725. The van der Waals surface area contributed by atoms with Crippen molar-refractivity contribution < 1.29 is 129 Å². The van der Waals surface area contributed by atoms with Crippen LogP contribution in [0.3, 0.4) is 0 Å². The topological polar surface area (TPSA) is 445 Å². The van der Waals surface area contributed by atoms with Crippen molar-refractivity contribution in [3.8, 4) is 0 Å². The molecule has 5 rings (SSSR count). The van der Waals surface area contributed by atoms with Crippen LogP contribution in [-0.2, 0) is 52.2 Å².